The summed E-state index contributed by atoms with van der Waals surface area (Å²) in [4.78, 5) is 25.2. The Bertz CT molecular complexity index is 930. The lowest BCUT2D eigenvalue weighted by Crippen LogP contribution is -2.34. The Labute approximate surface area is 139 Å². The Balaban J connectivity index is 2.15. The highest BCUT2D eigenvalue weighted by molar-refractivity contribution is 6.04. The van der Waals surface area contributed by atoms with Crippen LogP contribution < -0.4 is 10.9 Å². The number of hydrogen-bond acceptors (Lipinski definition) is 3. The molecule has 1 amide bonds. The van der Waals surface area contributed by atoms with Crippen molar-refractivity contribution in [3.05, 3.63) is 76.2 Å². The first-order valence-corrected chi connectivity index (χ1v) is 7.91. The number of aromatic nitrogens is 2. The summed E-state index contributed by atoms with van der Waals surface area (Å²) >= 11 is 0. The molecule has 0 atom stereocenters. The van der Waals surface area contributed by atoms with Crippen molar-refractivity contribution in [3.8, 4) is 0 Å². The fraction of sp³-hybridized carbons (Fsp3) is 0.211. The molecule has 0 spiro atoms. The standard InChI is InChI=1S/C19H19N3O2/c1-13(2)20-18(23)17-15-10-6-7-11-16(15)19(24)22(21-17)12-14-8-4-3-5-9-14/h3-11,13H,12H2,1-2H3,(H,20,23). The molecule has 0 unspecified atom stereocenters. The molecule has 0 saturated heterocycles. The Kier molecular flexibility index (Phi) is 4.42. The number of nitrogens with zero attached hydrogens (tertiary/aromatic N) is 2. The summed E-state index contributed by atoms with van der Waals surface area (Å²) in [6.45, 7) is 4.10. The number of carbonyl (C=O) groups excluding carboxylic acids is 1. The van der Waals surface area contributed by atoms with Gasteiger partial charge in [-0.2, -0.15) is 5.10 Å². The molecule has 0 fully saturated rings. The fourth-order valence-corrected chi connectivity index (χ4v) is 2.60. The topological polar surface area (TPSA) is 64.0 Å². The summed E-state index contributed by atoms with van der Waals surface area (Å²) in [7, 11) is 0. The molecule has 122 valence electrons. The second kappa shape index (κ2) is 6.66. The van der Waals surface area contributed by atoms with E-state index in [1.807, 2.05) is 44.2 Å². The molecule has 0 bridgehead atoms. The van der Waals surface area contributed by atoms with E-state index >= 15 is 0 Å². The predicted molar refractivity (Wildman–Crippen MR) is 94.1 cm³/mol. The van der Waals surface area contributed by atoms with Crippen LogP contribution in [0, 0.1) is 0 Å². The van der Waals surface area contributed by atoms with E-state index in [4.69, 9.17) is 0 Å². The van der Waals surface area contributed by atoms with Crippen LogP contribution in [0.1, 0.15) is 29.9 Å². The predicted octanol–water partition coefficient (Wildman–Crippen LogP) is 2.58. The Hall–Kier alpha value is -2.95. The van der Waals surface area contributed by atoms with Crippen LogP contribution in [0.5, 0.6) is 0 Å². The van der Waals surface area contributed by atoms with E-state index in [-0.39, 0.29) is 23.2 Å². The van der Waals surface area contributed by atoms with Crippen molar-refractivity contribution >= 4 is 16.7 Å². The zero-order valence-electron chi connectivity index (χ0n) is 13.7. The Morgan fingerprint density at radius 3 is 2.33 bits per heavy atom. The zero-order chi connectivity index (χ0) is 17.1. The maximum atomic E-state index is 12.7. The van der Waals surface area contributed by atoms with Gasteiger partial charge in [-0.3, -0.25) is 9.59 Å². The van der Waals surface area contributed by atoms with Gasteiger partial charge in [-0.15, -0.1) is 0 Å². The second-order valence-corrected chi connectivity index (χ2v) is 5.97. The number of carbonyl (C=O) groups is 1. The molecule has 2 aromatic carbocycles. The number of rotatable bonds is 4. The Morgan fingerprint density at radius 1 is 1.04 bits per heavy atom. The van der Waals surface area contributed by atoms with Crippen molar-refractivity contribution < 1.29 is 4.79 Å². The van der Waals surface area contributed by atoms with Gasteiger partial charge in [0.15, 0.2) is 5.69 Å². The molecule has 3 rings (SSSR count). The molecular weight excluding hydrogens is 302 g/mol. The first-order chi connectivity index (χ1) is 11.6. The number of benzene rings is 2. The molecule has 1 heterocycles. The van der Waals surface area contributed by atoms with Crippen molar-refractivity contribution in [2.24, 2.45) is 0 Å². The molecule has 0 aliphatic carbocycles. The van der Waals surface area contributed by atoms with Crippen LogP contribution in [-0.2, 0) is 6.54 Å². The van der Waals surface area contributed by atoms with E-state index in [9.17, 15) is 9.59 Å². The lowest BCUT2D eigenvalue weighted by atomic mass is 10.1. The van der Waals surface area contributed by atoms with Gasteiger partial charge in [-0.1, -0.05) is 48.5 Å². The highest BCUT2D eigenvalue weighted by Gasteiger charge is 2.17. The molecule has 24 heavy (non-hydrogen) atoms. The van der Waals surface area contributed by atoms with E-state index in [2.05, 4.69) is 10.4 Å². The SMILES string of the molecule is CC(C)NC(=O)c1nn(Cc2ccccc2)c(=O)c2ccccc12. The minimum absolute atomic E-state index is 0.00689. The molecular formula is C19H19N3O2. The summed E-state index contributed by atoms with van der Waals surface area (Å²) in [6.07, 6.45) is 0. The van der Waals surface area contributed by atoms with Gasteiger partial charge in [0.25, 0.3) is 11.5 Å². The lowest BCUT2D eigenvalue weighted by Gasteiger charge is -2.12. The summed E-state index contributed by atoms with van der Waals surface area (Å²) in [6, 6.07) is 16.7. The third kappa shape index (κ3) is 3.20. The zero-order valence-corrected chi connectivity index (χ0v) is 13.7. The third-order valence-corrected chi connectivity index (χ3v) is 3.68. The smallest absolute Gasteiger partial charge is 0.274 e. The van der Waals surface area contributed by atoms with Gasteiger partial charge in [-0.05, 0) is 25.5 Å². The maximum absolute atomic E-state index is 12.7. The first-order valence-electron chi connectivity index (χ1n) is 7.91. The summed E-state index contributed by atoms with van der Waals surface area (Å²) in [5, 5.41) is 8.26. The van der Waals surface area contributed by atoms with Crippen LogP contribution in [-0.4, -0.2) is 21.7 Å². The summed E-state index contributed by atoms with van der Waals surface area (Å²) in [5.41, 5.74) is 1.03. The first kappa shape index (κ1) is 15.9. The molecule has 0 radical (unpaired) electrons. The molecule has 3 aromatic rings. The number of nitrogens with one attached hydrogen (secondary N) is 1. The van der Waals surface area contributed by atoms with Crippen LogP contribution in [0.15, 0.2) is 59.4 Å². The van der Waals surface area contributed by atoms with Crippen LogP contribution in [0.3, 0.4) is 0 Å². The number of amides is 1. The van der Waals surface area contributed by atoms with Gasteiger partial charge in [0.05, 0.1) is 11.9 Å². The van der Waals surface area contributed by atoms with Crippen molar-refractivity contribution in [1.82, 2.24) is 15.1 Å². The largest absolute Gasteiger partial charge is 0.348 e. The maximum Gasteiger partial charge on any atom is 0.274 e. The average molecular weight is 321 g/mol. The highest BCUT2D eigenvalue weighted by Crippen LogP contribution is 2.14. The van der Waals surface area contributed by atoms with Crippen LogP contribution >= 0.6 is 0 Å². The minimum Gasteiger partial charge on any atom is -0.348 e. The summed E-state index contributed by atoms with van der Waals surface area (Å²) < 4.78 is 1.35. The quantitative estimate of drug-likeness (QED) is 0.803. The van der Waals surface area contributed by atoms with Gasteiger partial charge in [0.1, 0.15) is 0 Å². The van der Waals surface area contributed by atoms with Gasteiger partial charge in [0.2, 0.25) is 0 Å². The van der Waals surface area contributed by atoms with Crippen molar-refractivity contribution in [1.29, 1.82) is 0 Å². The Morgan fingerprint density at radius 2 is 1.67 bits per heavy atom. The molecule has 1 aromatic heterocycles. The van der Waals surface area contributed by atoms with E-state index in [0.717, 1.165) is 5.56 Å². The van der Waals surface area contributed by atoms with Gasteiger partial charge in [0, 0.05) is 11.4 Å². The normalized spacial score (nSPS) is 11.0. The van der Waals surface area contributed by atoms with Crippen LogP contribution in [0.4, 0.5) is 0 Å². The molecule has 5 heteroatoms. The molecule has 5 nitrogen and oxygen atoms in total. The van der Waals surface area contributed by atoms with Crippen LogP contribution in [0.25, 0.3) is 10.8 Å². The molecule has 0 aliphatic heterocycles. The monoisotopic (exact) mass is 321 g/mol. The highest BCUT2D eigenvalue weighted by atomic mass is 16.2. The van der Waals surface area contributed by atoms with E-state index in [1.165, 1.54) is 4.68 Å². The second-order valence-electron chi connectivity index (χ2n) is 5.97. The molecule has 0 aliphatic rings. The van der Waals surface area contributed by atoms with Crippen LogP contribution in [0.2, 0.25) is 0 Å². The fourth-order valence-electron chi connectivity index (χ4n) is 2.60. The molecule has 0 saturated carbocycles. The summed E-state index contributed by atoms with van der Waals surface area (Å²) in [5.74, 6) is -0.275. The van der Waals surface area contributed by atoms with Crippen molar-refractivity contribution in [2.45, 2.75) is 26.4 Å². The van der Waals surface area contributed by atoms with Crippen molar-refractivity contribution in [3.63, 3.8) is 0 Å². The van der Waals surface area contributed by atoms with Gasteiger partial charge in [-0.25, -0.2) is 4.68 Å². The number of fused-ring (bicyclic) bond motifs is 1. The van der Waals surface area contributed by atoms with E-state index in [0.29, 0.717) is 17.3 Å². The lowest BCUT2D eigenvalue weighted by molar-refractivity contribution is 0.0937. The van der Waals surface area contributed by atoms with E-state index in [1.54, 1.807) is 24.3 Å². The van der Waals surface area contributed by atoms with Crippen molar-refractivity contribution in [2.75, 3.05) is 0 Å². The van der Waals surface area contributed by atoms with Gasteiger partial charge < -0.3 is 5.32 Å². The third-order valence-electron chi connectivity index (χ3n) is 3.68. The number of hydrogen-bond donors (Lipinski definition) is 1. The molecule has 1 N–H and O–H groups in total. The minimum atomic E-state index is -0.275. The average Bonchev–Trinajstić information content (AvgIpc) is 2.58. The van der Waals surface area contributed by atoms with E-state index < -0.39 is 0 Å². The van der Waals surface area contributed by atoms with Gasteiger partial charge >= 0.3 is 0 Å².